The second-order valence-electron chi connectivity index (χ2n) is 4.66. The Bertz CT molecular complexity index is 776. The molecule has 0 radical (unpaired) electrons. The Morgan fingerprint density at radius 1 is 1.00 bits per heavy atom. The van der Waals surface area contributed by atoms with E-state index in [2.05, 4.69) is 68.1 Å². The molecule has 0 aliphatic rings. The minimum atomic E-state index is 1.24. The smallest absolute Gasteiger partial charge is 0.0355 e. The zero-order valence-electron chi connectivity index (χ0n) is 11.5. The molecule has 0 bridgehead atoms. The highest BCUT2D eigenvalue weighted by molar-refractivity contribution is 7.20. The molecule has 0 amide bonds. The molecular formula is C19H16S. The van der Waals surface area contributed by atoms with Crippen LogP contribution in [0.4, 0.5) is 0 Å². The Balaban J connectivity index is 2.24. The normalized spacial score (nSPS) is 11.2. The molecule has 3 aromatic rings. The van der Waals surface area contributed by atoms with Gasteiger partial charge in [-0.25, -0.2) is 0 Å². The number of hydrogen-bond acceptors (Lipinski definition) is 1. The molecule has 1 heteroatoms. The van der Waals surface area contributed by atoms with Crippen LogP contribution < -0.4 is 0 Å². The maximum atomic E-state index is 3.93. The molecule has 20 heavy (non-hydrogen) atoms. The van der Waals surface area contributed by atoms with E-state index in [1.54, 1.807) is 11.3 Å². The highest BCUT2D eigenvalue weighted by atomic mass is 32.1. The van der Waals surface area contributed by atoms with Crippen molar-refractivity contribution in [2.24, 2.45) is 0 Å². The largest absolute Gasteiger partial charge is 0.135 e. The number of rotatable bonds is 3. The molecule has 98 valence electrons. The molecule has 1 heterocycles. The van der Waals surface area contributed by atoms with Crippen LogP contribution in [0.25, 0.3) is 33.4 Å². The van der Waals surface area contributed by atoms with Gasteiger partial charge in [0.2, 0.25) is 0 Å². The first-order chi connectivity index (χ1) is 9.83. The lowest BCUT2D eigenvalue weighted by atomic mass is 10.0. The van der Waals surface area contributed by atoms with E-state index in [9.17, 15) is 0 Å². The SMILES string of the molecule is C=Cc1sc2ccc(-c3ccccc3)cc2c1/C=C\C. The maximum absolute atomic E-state index is 3.93. The van der Waals surface area contributed by atoms with Crippen molar-refractivity contribution in [2.45, 2.75) is 6.92 Å². The summed E-state index contributed by atoms with van der Waals surface area (Å²) in [5.41, 5.74) is 3.80. The highest BCUT2D eigenvalue weighted by Gasteiger charge is 2.08. The fraction of sp³-hybridized carbons (Fsp3) is 0.0526. The Hall–Kier alpha value is -2.12. The molecule has 0 fully saturated rings. The van der Waals surface area contributed by atoms with Gasteiger partial charge in [-0.1, -0.05) is 61.2 Å². The molecule has 0 atom stereocenters. The van der Waals surface area contributed by atoms with Gasteiger partial charge in [0.1, 0.15) is 0 Å². The van der Waals surface area contributed by atoms with Gasteiger partial charge < -0.3 is 0 Å². The zero-order chi connectivity index (χ0) is 13.9. The predicted octanol–water partition coefficient (Wildman–Crippen LogP) is 6.24. The summed E-state index contributed by atoms with van der Waals surface area (Å²) in [6.45, 7) is 5.98. The molecule has 0 unspecified atom stereocenters. The highest BCUT2D eigenvalue weighted by Crippen LogP contribution is 2.35. The lowest BCUT2D eigenvalue weighted by Crippen LogP contribution is -1.78. The summed E-state index contributed by atoms with van der Waals surface area (Å²) < 4.78 is 1.31. The van der Waals surface area contributed by atoms with Gasteiger partial charge in [-0.3, -0.25) is 0 Å². The third-order valence-corrected chi connectivity index (χ3v) is 4.56. The van der Waals surface area contributed by atoms with Gasteiger partial charge in [-0.05, 0) is 35.7 Å². The minimum absolute atomic E-state index is 1.24. The van der Waals surface area contributed by atoms with Crippen molar-refractivity contribution in [3.8, 4) is 11.1 Å². The van der Waals surface area contributed by atoms with Crippen molar-refractivity contribution >= 4 is 33.6 Å². The van der Waals surface area contributed by atoms with E-state index in [0.29, 0.717) is 0 Å². The molecule has 0 spiro atoms. The van der Waals surface area contributed by atoms with Crippen LogP contribution in [0.1, 0.15) is 17.4 Å². The standard InChI is InChI=1S/C19H16S/c1-3-8-16-17-13-15(14-9-6-5-7-10-14)11-12-19(17)20-18(16)4-2/h3-13H,2H2,1H3/b8-3-. The van der Waals surface area contributed by atoms with Crippen LogP contribution in [-0.2, 0) is 0 Å². The van der Waals surface area contributed by atoms with Gasteiger partial charge in [-0.15, -0.1) is 11.3 Å². The quantitative estimate of drug-likeness (QED) is 0.531. The predicted molar refractivity (Wildman–Crippen MR) is 92.1 cm³/mol. The fourth-order valence-corrected chi connectivity index (χ4v) is 3.46. The maximum Gasteiger partial charge on any atom is 0.0355 e. The van der Waals surface area contributed by atoms with Crippen LogP contribution in [0.5, 0.6) is 0 Å². The molecule has 0 aliphatic carbocycles. The summed E-state index contributed by atoms with van der Waals surface area (Å²) in [7, 11) is 0. The first-order valence-corrected chi connectivity index (χ1v) is 7.52. The number of hydrogen-bond donors (Lipinski definition) is 0. The van der Waals surface area contributed by atoms with Gasteiger partial charge in [0.25, 0.3) is 0 Å². The Kier molecular flexibility index (Phi) is 3.53. The number of thiophene rings is 1. The Labute approximate surface area is 123 Å². The van der Waals surface area contributed by atoms with Crippen molar-refractivity contribution in [1.29, 1.82) is 0 Å². The summed E-state index contributed by atoms with van der Waals surface area (Å²) in [5, 5.41) is 1.31. The number of fused-ring (bicyclic) bond motifs is 1. The van der Waals surface area contributed by atoms with E-state index in [1.165, 1.54) is 31.7 Å². The van der Waals surface area contributed by atoms with Crippen LogP contribution in [0.3, 0.4) is 0 Å². The van der Waals surface area contributed by atoms with Gasteiger partial charge in [0, 0.05) is 15.0 Å². The molecule has 0 saturated carbocycles. The van der Waals surface area contributed by atoms with Crippen molar-refractivity contribution in [1.82, 2.24) is 0 Å². The molecule has 2 aromatic carbocycles. The molecule has 1 aromatic heterocycles. The third-order valence-electron chi connectivity index (χ3n) is 3.38. The minimum Gasteiger partial charge on any atom is -0.135 e. The summed E-state index contributed by atoms with van der Waals surface area (Å²) in [5.74, 6) is 0. The van der Waals surface area contributed by atoms with Gasteiger partial charge in [0.05, 0.1) is 0 Å². The lowest BCUT2D eigenvalue weighted by Gasteiger charge is -2.02. The monoisotopic (exact) mass is 276 g/mol. The average molecular weight is 276 g/mol. The molecule has 0 N–H and O–H groups in total. The Morgan fingerprint density at radius 3 is 2.50 bits per heavy atom. The average Bonchev–Trinajstić information content (AvgIpc) is 2.86. The summed E-state index contributed by atoms with van der Waals surface area (Å²) >= 11 is 1.80. The summed E-state index contributed by atoms with van der Waals surface area (Å²) in [6.07, 6.45) is 6.20. The van der Waals surface area contributed by atoms with Gasteiger partial charge in [0.15, 0.2) is 0 Å². The third kappa shape index (κ3) is 2.21. The molecule has 0 saturated heterocycles. The van der Waals surface area contributed by atoms with E-state index in [0.717, 1.165) is 0 Å². The van der Waals surface area contributed by atoms with Crippen molar-refractivity contribution in [3.05, 3.63) is 71.6 Å². The van der Waals surface area contributed by atoms with E-state index < -0.39 is 0 Å². The van der Waals surface area contributed by atoms with Gasteiger partial charge in [-0.2, -0.15) is 0 Å². The van der Waals surface area contributed by atoms with E-state index in [1.807, 2.05) is 12.1 Å². The van der Waals surface area contributed by atoms with Crippen molar-refractivity contribution < 1.29 is 0 Å². The zero-order valence-corrected chi connectivity index (χ0v) is 12.3. The second-order valence-corrected chi connectivity index (χ2v) is 5.74. The first-order valence-electron chi connectivity index (χ1n) is 6.70. The van der Waals surface area contributed by atoms with Crippen LogP contribution in [0.2, 0.25) is 0 Å². The van der Waals surface area contributed by atoms with Crippen molar-refractivity contribution in [3.63, 3.8) is 0 Å². The fourth-order valence-electron chi connectivity index (χ4n) is 2.44. The van der Waals surface area contributed by atoms with Crippen LogP contribution >= 0.6 is 11.3 Å². The molecule has 3 rings (SSSR count). The van der Waals surface area contributed by atoms with Gasteiger partial charge >= 0.3 is 0 Å². The van der Waals surface area contributed by atoms with Crippen LogP contribution in [-0.4, -0.2) is 0 Å². The van der Waals surface area contributed by atoms with E-state index in [-0.39, 0.29) is 0 Å². The Morgan fingerprint density at radius 2 is 1.80 bits per heavy atom. The summed E-state index contributed by atoms with van der Waals surface area (Å²) in [4.78, 5) is 1.24. The molecule has 0 nitrogen and oxygen atoms in total. The summed E-state index contributed by atoms with van der Waals surface area (Å²) in [6, 6.07) is 17.2. The number of allylic oxidation sites excluding steroid dienone is 1. The van der Waals surface area contributed by atoms with Crippen molar-refractivity contribution in [2.75, 3.05) is 0 Å². The van der Waals surface area contributed by atoms with E-state index >= 15 is 0 Å². The van der Waals surface area contributed by atoms with E-state index in [4.69, 9.17) is 0 Å². The molecular weight excluding hydrogens is 260 g/mol. The lowest BCUT2D eigenvalue weighted by molar-refractivity contribution is 1.65. The second kappa shape index (κ2) is 5.48. The first kappa shape index (κ1) is 12.9. The molecule has 0 aliphatic heterocycles. The van der Waals surface area contributed by atoms with Crippen LogP contribution in [0.15, 0.2) is 61.2 Å². The topological polar surface area (TPSA) is 0 Å². The van der Waals surface area contributed by atoms with Crippen LogP contribution in [0, 0.1) is 0 Å². The number of benzene rings is 2.